The van der Waals surface area contributed by atoms with Crippen molar-refractivity contribution in [1.82, 2.24) is 20.7 Å². The van der Waals surface area contributed by atoms with Crippen LogP contribution in [0.25, 0.3) is 0 Å². The number of nitrogens with zero attached hydrogens (tertiary/aromatic N) is 2. The number of hydrogen-bond acceptors (Lipinski definition) is 5. The van der Waals surface area contributed by atoms with Crippen LogP contribution in [0.4, 0.5) is 18.0 Å². The first-order valence-corrected chi connectivity index (χ1v) is 9.38. The van der Waals surface area contributed by atoms with E-state index in [0.29, 0.717) is 49.6 Å². The fourth-order valence-corrected chi connectivity index (χ4v) is 3.61. The largest absolute Gasteiger partial charge is 0.484 e. The Labute approximate surface area is 165 Å². The Morgan fingerprint density at radius 2 is 2.03 bits per heavy atom. The average Bonchev–Trinajstić information content (AvgIpc) is 3.14. The molecule has 1 saturated heterocycles. The van der Waals surface area contributed by atoms with Gasteiger partial charge in [-0.3, -0.25) is 0 Å². The number of nitrogens with one attached hydrogen (secondary N) is 2. The third kappa shape index (κ3) is 4.16. The second kappa shape index (κ2) is 7.58. The fraction of sp³-hybridized carbons (Fsp3) is 0.474. The summed E-state index contributed by atoms with van der Waals surface area (Å²) < 4.78 is 50.4. The van der Waals surface area contributed by atoms with Gasteiger partial charge >= 0.3 is 12.2 Å². The number of benzene rings is 1. The summed E-state index contributed by atoms with van der Waals surface area (Å²) in [5.41, 5.74) is 0.186. The van der Waals surface area contributed by atoms with Gasteiger partial charge in [-0.2, -0.15) is 13.2 Å². The third-order valence-corrected chi connectivity index (χ3v) is 5.11. The van der Waals surface area contributed by atoms with Gasteiger partial charge in [0.1, 0.15) is 23.3 Å². The van der Waals surface area contributed by atoms with Gasteiger partial charge in [-0.15, -0.1) is 0 Å². The second-order valence-electron chi connectivity index (χ2n) is 7.19. The molecule has 0 aliphatic carbocycles. The molecule has 2 aliphatic rings. The Balaban J connectivity index is 1.63. The number of carbonyl (C=O) groups excluding carboxylic acids is 1. The lowest BCUT2D eigenvalue weighted by atomic mass is 9.94. The van der Waals surface area contributed by atoms with Gasteiger partial charge in [-0.25, -0.2) is 4.79 Å². The van der Waals surface area contributed by atoms with Gasteiger partial charge < -0.3 is 24.8 Å². The summed E-state index contributed by atoms with van der Waals surface area (Å²) in [5, 5.41) is 10.1. The molecule has 7 nitrogen and oxygen atoms in total. The van der Waals surface area contributed by atoms with E-state index >= 15 is 0 Å². The number of hydrogen-bond donors (Lipinski definition) is 2. The van der Waals surface area contributed by atoms with E-state index in [1.165, 1.54) is 6.07 Å². The number of alkyl halides is 3. The Morgan fingerprint density at radius 3 is 2.69 bits per heavy atom. The van der Waals surface area contributed by atoms with Crippen LogP contribution in [0, 0.1) is 6.92 Å². The van der Waals surface area contributed by atoms with Crippen molar-refractivity contribution < 1.29 is 27.2 Å². The van der Waals surface area contributed by atoms with Crippen LogP contribution in [0.2, 0.25) is 0 Å². The topological polar surface area (TPSA) is 79.6 Å². The molecule has 156 valence electrons. The zero-order valence-corrected chi connectivity index (χ0v) is 15.8. The Kier molecular flexibility index (Phi) is 5.12. The third-order valence-electron chi connectivity index (χ3n) is 5.11. The van der Waals surface area contributed by atoms with Crippen molar-refractivity contribution >= 4 is 6.03 Å². The minimum Gasteiger partial charge on any atom is -0.484 e. The number of piperazine rings is 1. The van der Waals surface area contributed by atoms with Gasteiger partial charge in [0.2, 0.25) is 0 Å². The molecule has 2 aliphatic heterocycles. The number of amides is 2. The number of rotatable bonds is 2. The van der Waals surface area contributed by atoms with E-state index < -0.39 is 23.9 Å². The zero-order chi connectivity index (χ0) is 20.6. The first-order valence-electron chi connectivity index (χ1n) is 9.38. The van der Waals surface area contributed by atoms with Crippen LogP contribution < -0.4 is 15.4 Å². The molecule has 0 saturated carbocycles. The molecular weight excluding hydrogens is 389 g/mol. The van der Waals surface area contributed by atoms with Crippen molar-refractivity contribution in [2.45, 2.75) is 31.7 Å². The molecule has 29 heavy (non-hydrogen) atoms. The number of carbonyl (C=O) groups is 1. The average molecular weight is 410 g/mol. The summed E-state index contributed by atoms with van der Waals surface area (Å²) in [6, 6.07) is 4.26. The van der Waals surface area contributed by atoms with Crippen LogP contribution in [0.1, 0.15) is 41.1 Å². The van der Waals surface area contributed by atoms with Gasteiger partial charge in [0.05, 0.1) is 11.6 Å². The second-order valence-corrected chi connectivity index (χ2v) is 7.19. The van der Waals surface area contributed by atoms with E-state index in [1.807, 2.05) is 0 Å². The molecule has 2 unspecified atom stereocenters. The van der Waals surface area contributed by atoms with Crippen LogP contribution in [0.3, 0.4) is 0 Å². The van der Waals surface area contributed by atoms with Gasteiger partial charge in [0, 0.05) is 44.2 Å². The highest BCUT2D eigenvalue weighted by atomic mass is 19.4. The van der Waals surface area contributed by atoms with E-state index in [2.05, 4.69) is 15.8 Å². The maximum Gasteiger partial charge on any atom is 0.416 e. The van der Waals surface area contributed by atoms with E-state index in [9.17, 15) is 18.0 Å². The molecule has 0 radical (unpaired) electrons. The molecule has 2 aromatic rings. The lowest BCUT2D eigenvalue weighted by Gasteiger charge is -2.34. The molecule has 1 aromatic carbocycles. The smallest absolute Gasteiger partial charge is 0.416 e. The lowest BCUT2D eigenvalue weighted by molar-refractivity contribution is -0.137. The standard InChI is InChI=1S/C19H21F3N4O3/c1-11-8-15(25-29-11)17-10-14(24-18(27)26-6-4-23-5-7-26)13-3-2-12(19(20,21)22)9-16(13)28-17/h2-3,8-9,14,17,23H,4-7,10H2,1H3,(H,24,27). The number of fused-ring (bicyclic) bond motifs is 1. The van der Waals surface area contributed by atoms with E-state index in [4.69, 9.17) is 9.26 Å². The molecule has 0 bridgehead atoms. The normalized spacial score (nSPS) is 22.0. The van der Waals surface area contributed by atoms with Gasteiger partial charge in [0.15, 0.2) is 0 Å². The fourth-order valence-electron chi connectivity index (χ4n) is 3.61. The predicted octanol–water partition coefficient (Wildman–Crippen LogP) is 3.18. The molecule has 2 amide bonds. The molecule has 10 heteroatoms. The van der Waals surface area contributed by atoms with Gasteiger partial charge in [-0.05, 0) is 19.1 Å². The zero-order valence-electron chi connectivity index (χ0n) is 15.8. The van der Waals surface area contributed by atoms with Crippen molar-refractivity contribution in [2.24, 2.45) is 0 Å². The van der Waals surface area contributed by atoms with Gasteiger partial charge in [-0.1, -0.05) is 11.2 Å². The van der Waals surface area contributed by atoms with Crippen LogP contribution in [-0.4, -0.2) is 42.3 Å². The Bertz CT molecular complexity index is 893. The maximum absolute atomic E-state index is 13.2. The first-order chi connectivity index (χ1) is 13.8. The monoisotopic (exact) mass is 410 g/mol. The number of ether oxygens (including phenoxy) is 1. The molecule has 2 atom stereocenters. The SMILES string of the molecule is Cc1cc(C2CC(NC(=O)N3CCNCC3)c3ccc(C(F)(F)F)cc3O2)no1. The number of halogens is 3. The summed E-state index contributed by atoms with van der Waals surface area (Å²) in [5.74, 6) is 0.655. The van der Waals surface area contributed by atoms with Crippen LogP contribution >= 0.6 is 0 Å². The maximum atomic E-state index is 13.2. The first kappa shape index (κ1) is 19.6. The van der Waals surface area contributed by atoms with Crippen LogP contribution in [0.5, 0.6) is 5.75 Å². The molecular formula is C19H21F3N4O3. The van der Waals surface area contributed by atoms with E-state index in [-0.39, 0.29) is 11.8 Å². The molecule has 1 aromatic heterocycles. The van der Waals surface area contributed by atoms with Crippen molar-refractivity contribution in [2.75, 3.05) is 26.2 Å². The Morgan fingerprint density at radius 1 is 1.28 bits per heavy atom. The quantitative estimate of drug-likeness (QED) is 0.795. The summed E-state index contributed by atoms with van der Waals surface area (Å²) in [6.07, 6.45) is -4.78. The van der Waals surface area contributed by atoms with Crippen molar-refractivity contribution in [3.8, 4) is 5.75 Å². The summed E-state index contributed by atoms with van der Waals surface area (Å²) in [7, 11) is 0. The number of urea groups is 1. The minimum atomic E-state index is -4.49. The highest BCUT2D eigenvalue weighted by Gasteiger charge is 2.36. The molecule has 1 fully saturated rings. The molecule has 0 spiro atoms. The number of aryl methyl sites for hydroxylation is 1. The van der Waals surface area contributed by atoms with Crippen molar-refractivity contribution in [3.05, 3.63) is 46.8 Å². The molecule has 3 heterocycles. The minimum absolute atomic E-state index is 0.0855. The predicted molar refractivity (Wildman–Crippen MR) is 96.4 cm³/mol. The summed E-state index contributed by atoms with van der Waals surface area (Å²) >= 11 is 0. The van der Waals surface area contributed by atoms with Gasteiger partial charge in [0.25, 0.3) is 0 Å². The van der Waals surface area contributed by atoms with Crippen molar-refractivity contribution in [1.29, 1.82) is 0 Å². The lowest BCUT2D eigenvalue weighted by Crippen LogP contribution is -2.51. The van der Waals surface area contributed by atoms with Crippen molar-refractivity contribution in [3.63, 3.8) is 0 Å². The van der Waals surface area contributed by atoms with E-state index in [0.717, 1.165) is 12.1 Å². The molecule has 4 rings (SSSR count). The Hall–Kier alpha value is -2.75. The van der Waals surface area contributed by atoms with Crippen LogP contribution in [-0.2, 0) is 6.18 Å². The summed E-state index contributed by atoms with van der Waals surface area (Å²) in [4.78, 5) is 14.4. The summed E-state index contributed by atoms with van der Waals surface area (Å²) in [6.45, 7) is 4.27. The van der Waals surface area contributed by atoms with Crippen LogP contribution in [0.15, 0.2) is 28.8 Å². The molecule has 2 N–H and O–H groups in total. The number of aromatic nitrogens is 1. The van der Waals surface area contributed by atoms with E-state index in [1.54, 1.807) is 17.9 Å². The highest BCUT2D eigenvalue weighted by Crippen LogP contribution is 2.43. The highest BCUT2D eigenvalue weighted by molar-refractivity contribution is 5.75.